The Morgan fingerprint density at radius 2 is 2.33 bits per heavy atom. The number of rotatable bonds is 2. The van der Waals surface area contributed by atoms with E-state index in [1.54, 1.807) is 0 Å². The second kappa shape index (κ2) is 4.27. The molecule has 1 atom stereocenters. The van der Waals surface area contributed by atoms with Crippen molar-refractivity contribution in [1.29, 1.82) is 0 Å². The highest BCUT2D eigenvalue weighted by Gasteiger charge is 2.24. The van der Waals surface area contributed by atoms with Gasteiger partial charge in [-0.05, 0) is 38.9 Å². The van der Waals surface area contributed by atoms with Gasteiger partial charge in [-0.25, -0.2) is 0 Å². The SMILES string of the molecule is CN1CCC(N(C)C2=CCCC(N)=C2)C1. The van der Waals surface area contributed by atoms with Crippen molar-refractivity contribution in [3.05, 3.63) is 23.5 Å². The fourth-order valence-electron chi connectivity index (χ4n) is 2.39. The molecular weight excluding hydrogens is 186 g/mol. The molecule has 3 nitrogen and oxygen atoms in total. The minimum atomic E-state index is 0.656. The second-order valence-corrected chi connectivity index (χ2v) is 4.70. The molecule has 0 aromatic rings. The van der Waals surface area contributed by atoms with Crippen LogP contribution in [0.2, 0.25) is 0 Å². The van der Waals surface area contributed by atoms with E-state index in [0.717, 1.165) is 18.5 Å². The summed E-state index contributed by atoms with van der Waals surface area (Å²) in [5, 5.41) is 0. The summed E-state index contributed by atoms with van der Waals surface area (Å²) in [5.41, 5.74) is 8.20. The number of likely N-dealkylation sites (tertiary alicyclic amines) is 1. The lowest BCUT2D eigenvalue weighted by molar-refractivity contribution is 0.301. The Morgan fingerprint density at radius 3 is 2.93 bits per heavy atom. The van der Waals surface area contributed by atoms with E-state index in [-0.39, 0.29) is 0 Å². The zero-order chi connectivity index (χ0) is 10.8. The van der Waals surface area contributed by atoms with Crippen LogP contribution in [0.5, 0.6) is 0 Å². The standard InChI is InChI=1S/C12H21N3/c1-14-7-6-12(9-14)15(2)11-5-3-4-10(13)8-11/h5,8,12H,3-4,6-7,9,13H2,1-2H3. The van der Waals surface area contributed by atoms with Gasteiger partial charge in [-0.2, -0.15) is 0 Å². The molecule has 1 aliphatic heterocycles. The maximum absolute atomic E-state index is 5.87. The minimum Gasteiger partial charge on any atom is -0.402 e. The Bertz CT molecular complexity index is 293. The molecule has 0 amide bonds. The summed E-state index contributed by atoms with van der Waals surface area (Å²) in [7, 11) is 4.37. The Morgan fingerprint density at radius 1 is 1.53 bits per heavy atom. The molecule has 0 aromatic heterocycles. The summed E-state index contributed by atoms with van der Waals surface area (Å²) in [4.78, 5) is 4.77. The van der Waals surface area contributed by atoms with Crippen LogP contribution in [-0.2, 0) is 0 Å². The molecule has 3 heteroatoms. The van der Waals surface area contributed by atoms with Gasteiger partial charge in [0.2, 0.25) is 0 Å². The first kappa shape index (κ1) is 10.6. The van der Waals surface area contributed by atoms with Crippen molar-refractivity contribution in [2.24, 2.45) is 5.73 Å². The highest BCUT2D eigenvalue weighted by atomic mass is 15.2. The van der Waals surface area contributed by atoms with Crippen LogP contribution in [0.15, 0.2) is 23.5 Å². The van der Waals surface area contributed by atoms with Crippen molar-refractivity contribution >= 4 is 0 Å². The topological polar surface area (TPSA) is 32.5 Å². The Labute approximate surface area is 92.2 Å². The molecule has 0 aromatic carbocycles. The highest BCUT2D eigenvalue weighted by molar-refractivity contribution is 5.25. The second-order valence-electron chi connectivity index (χ2n) is 4.70. The first-order chi connectivity index (χ1) is 7.16. The molecule has 1 unspecified atom stereocenters. The molecule has 1 aliphatic carbocycles. The zero-order valence-corrected chi connectivity index (χ0v) is 9.74. The first-order valence-electron chi connectivity index (χ1n) is 5.74. The molecule has 0 radical (unpaired) electrons. The van der Waals surface area contributed by atoms with Crippen molar-refractivity contribution in [3.63, 3.8) is 0 Å². The summed E-state index contributed by atoms with van der Waals surface area (Å²) >= 11 is 0. The van der Waals surface area contributed by atoms with Crippen LogP contribution < -0.4 is 5.73 Å². The number of hydrogen-bond acceptors (Lipinski definition) is 3. The lowest BCUT2D eigenvalue weighted by atomic mass is 10.1. The summed E-state index contributed by atoms with van der Waals surface area (Å²) in [6, 6.07) is 0.656. The molecule has 2 aliphatic rings. The van der Waals surface area contributed by atoms with Gasteiger partial charge in [0.05, 0.1) is 0 Å². The van der Waals surface area contributed by atoms with Crippen molar-refractivity contribution in [1.82, 2.24) is 9.80 Å². The Balaban J connectivity index is 2.01. The van der Waals surface area contributed by atoms with Gasteiger partial charge in [0.1, 0.15) is 0 Å². The molecule has 1 saturated heterocycles. The van der Waals surface area contributed by atoms with Gasteiger partial charge < -0.3 is 15.5 Å². The van der Waals surface area contributed by atoms with Crippen molar-refractivity contribution in [2.45, 2.75) is 25.3 Å². The third kappa shape index (κ3) is 2.34. The summed E-state index contributed by atoms with van der Waals surface area (Å²) in [6.45, 7) is 2.38. The number of nitrogens with zero attached hydrogens (tertiary/aromatic N) is 2. The molecule has 1 heterocycles. The third-order valence-corrected chi connectivity index (χ3v) is 3.44. The van der Waals surface area contributed by atoms with Gasteiger partial charge in [0.25, 0.3) is 0 Å². The number of allylic oxidation sites excluding steroid dienone is 3. The smallest absolute Gasteiger partial charge is 0.0425 e. The van der Waals surface area contributed by atoms with Crippen LogP contribution in [0.4, 0.5) is 0 Å². The molecule has 0 bridgehead atoms. The van der Waals surface area contributed by atoms with Crippen LogP contribution >= 0.6 is 0 Å². The van der Waals surface area contributed by atoms with E-state index < -0.39 is 0 Å². The number of hydrogen-bond donors (Lipinski definition) is 1. The van der Waals surface area contributed by atoms with E-state index in [1.165, 1.54) is 25.2 Å². The van der Waals surface area contributed by atoms with Gasteiger partial charge in [-0.3, -0.25) is 0 Å². The fraction of sp³-hybridized carbons (Fsp3) is 0.667. The average molecular weight is 207 g/mol. The van der Waals surface area contributed by atoms with E-state index in [2.05, 4.69) is 36.0 Å². The predicted octanol–water partition coefficient (Wildman–Crippen LogP) is 1.14. The molecule has 15 heavy (non-hydrogen) atoms. The lowest BCUT2D eigenvalue weighted by Gasteiger charge is -2.29. The largest absolute Gasteiger partial charge is 0.402 e. The maximum Gasteiger partial charge on any atom is 0.0425 e. The highest BCUT2D eigenvalue weighted by Crippen LogP contribution is 2.21. The molecule has 84 valence electrons. The monoisotopic (exact) mass is 207 g/mol. The maximum atomic E-state index is 5.87. The lowest BCUT2D eigenvalue weighted by Crippen LogP contribution is -2.33. The summed E-state index contributed by atoms with van der Waals surface area (Å²) in [5.74, 6) is 0. The summed E-state index contributed by atoms with van der Waals surface area (Å²) in [6.07, 6.45) is 7.79. The summed E-state index contributed by atoms with van der Waals surface area (Å²) < 4.78 is 0. The molecular formula is C12H21N3. The molecule has 2 rings (SSSR count). The first-order valence-corrected chi connectivity index (χ1v) is 5.74. The van der Waals surface area contributed by atoms with E-state index in [9.17, 15) is 0 Å². The van der Waals surface area contributed by atoms with Crippen molar-refractivity contribution in [2.75, 3.05) is 27.2 Å². The molecule has 2 N–H and O–H groups in total. The van der Waals surface area contributed by atoms with Crippen LogP contribution in [-0.4, -0.2) is 43.0 Å². The van der Waals surface area contributed by atoms with E-state index in [1.807, 2.05) is 0 Å². The third-order valence-electron chi connectivity index (χ3n) is 3.44. The van der Waals surface area contributed by atoms with Gasteiger partial charge in [0.15, 0.2) is 0 Å². The van der Waals surface area contributed by atoms with Crippen LogP contribution in [0, 0.1) is 0 Å². The van der Waals surface area contributed by atoms with Gasteiger partial charge in [-0.1, -0.05) is 6.08 Å². The van der Waals surface area contributed by atoms with Gasteiger partial charge in [-0.15, -0.1) is 0 Å². The van der Waals surface area contributed by atoms with E-state index >= 15 is 0 Å². The molecule has 0 saturated carbocycles. The minimum absolute atomic E-state index is 0.656. The molecule has 1 fully saturated rings. The Hall–Kier alpha value is -0.960. The number of likely N-dealkylation sites (N-methyl/N-ethyl adjacent to an activating group) is 2. The van der Waals surface area contributed by atoms with Gasteiger partial charge >= 0.3 is 0 Å². The van der Waals surface area contributed by atoms with Crippen LogP contribution in [0.25, 0.3) is 0 Å². The zero-order valence-electron chi connectivity index (χ0n) is 9.74. The van der Waals surface area contributed by atoms with E-state index in [0.29, 0.717) is 6.04 Å². The van der Waals surface area contributed by atoms with Gasteiger partial charge in [0, 0.05) is 31.0 Å². The number of nitrogens with two attached hydrogens (primary N) is 1. The Kier molecular flexibility index (Phi) is 3.00. The quantitative estimate of drug-likeness (QED) is 0.737. The van der Waals surface area contributed by atoms with Crippen molar-refractivity contribution < 1.29 is 0 Å². The van der Waals surface area contributed by atoms with E-state index in [4.69, 9.17) is 5.73 Å². The molecule has 0 spiro atoms. The van der Waals surface area contributed by atoms with Crippen LogP contribution in [0.3, 0.4) is 0 Å². The normalized spacial score (nSPS) is 27.5. The predicted molar refractivity (Wildman–Crippen MR) is 63.3 cm³/mol. The average Bonchev–Trinajstić information content (AvgIpc) is 2.64. The fourth-order valence-corrected chi connectivity index (χ4v) is 2.39. The van der Waals surface area contributed by atoms with Crippen molar-refractivity contribution in [3.8, 4) is 0 Å². The van der Waals surface area contributed by atoms with Crippen LogP contribution in [0.1, 0.15) is 19.3 Å².